The van der Waals surface area contributed by atoms with Gasteiger partial charge in [0, 0.05) is 25.5 Å². The van der Waals surface area contributed by atoms with Crippen LogP contribution in [0.4, 0.5) is 5.82 Å². The van der Waals surface area contributed by atoms with E-state index in [1.807, 2.05) is 31.1 Å². The standard InChI is InChI=1S/C12H15N3O2/c1-15(2)12-8-5-10(16-3)11(17-4)6-9(8)13-7-14-12/h5-7H,1-4H3. The van der Waals surface area contributed by atoms with E-state index in [1.165, 1.54) is 0 Å². The van der Waals surface area contributed by atoms with Crippen LogP contribution >= 0.6 is 0 Å². The predicted molar refractivity (Wildman–Crippen MR) is 67.0 cm³/mol. The van der Waals surface area contributed by atoms with Gasteiger partial charge in [0.15, 0.2) is 11.5 Å². The van der Waals surface area contributed by atoms with E-state index in [0.717, 1.165) is 16.7 Å². The van der Waals surface area contributed by atoms with Gasteiger partial charge in [0.05, 0.1) is 19.7 Å². The SMILES string of the molecule is COc1cc2ncnc(N(C)C)c2cc1OC. The number of nitrogens with zero attached hydrogens (tertiary/aromatic N) is 3. The zero-order valence-corrected chi connectivity index (χ0v) is 10.4. The molecule has 0 saturated carbocycles. The molecule has 1 heterocycles. The van der Waals surface area contributed by atoms with E-state index in [1.54, 1.807) is 20.5 Å². The number of benzene rings is 1. The maximum Gasteiger partial charge on any atom is 0.162 e. The fraction of sp³-hybridized carbons (Fsp3) is 0.333. The van der Waals surface area contributed by atoms with Gasteiger partial charge in [0.2, 0.25) is 0 Å². The average molecular weight is 233 g/mol. The number of methoxy groups -OCH3 is 2. The second kappa shape index (κ2) is 4.45. The Morgan fingerprint density at radius 1 is 1.00 bits per heavy atom. The maximum absolute atomic E-state index is 5.28. The largest absolute Gasteiger partial charge is 0.493 e. The first-order valence-electron chi connectivity index (χ1n) is 5.21. The van der Waals surface area contributed by atoms with Crippen molar-refractivity contribution in [1.82, 2.24) is 9.97 Å². The van der Waals surface area contributed by atoms with E-state index in [4.69, 9.17) is 9.47 Å². The fourth-order valence-electron chi connectivity index (χ4n) is 1.73. The lowest BCUT2D eigenvalue weighted by Crippen LogP contribution is -2.11. The molecule has 0 spiro atoms. The van der Waals surface area contributed by atoms with Crippen molar-refractivity contribution < 1.29 is 9.47 Å². The van der Waals surface area contributed by atoms with Crippen molar-refractivity contribution in [3.8, 4) is 11.5 Å². The molecule has 0 radical (unpaired) electrons. The molecular formula is C12H15N3O2. The minimum Gasteiger partial charge on any atom is -0.493 e. The Hall–Kier alpha value is -2.04. The molecule has 0 unspecified atom stereocenters. The van der Waals surface area contributed by atoms with Crippen LogP contribution in [-0.4, -0.2) is 38.3 Å². The smallest absolute Gasteiger partial charge is 0.162 e. The van der Waals surface area contributed by atoms with Crippen molar-refractivity contribution in [2.75, 3.05) is 33.2 Å². The van der Waals surface area contributed by atoms with Crippen molar-refractivity contribution in [3.05, 3.63) is 18.5 Å². The summed E-state index contributed by atoms with van der Waals surface area (Å²) in [4.78, 5) is 10.4. The third-order valence-corrected chi connectivity index (χ3v) is 2.54. The van der Waals surface area contributed by atoms with Gasteiger partial charge >= 0.3 is 0 Å². The molecule has 0 atom stereocenters. The summed E-state index contributed by atoms with van der Waals surface area (Å²) < 4.78 is 10.5. The number of anilines is 1. The molecule has 2 rings (SSSR count). The summed E-state index contributed by atoms with van der Waals surface area (Å²) in [7, 11) is 7.11. The summed E-state index contributed by atoms with van der Waals surface area (Å²) in [5, 5.41) is 0.940. The number of hydrogen-bond acceptors (Lipinski definition) is 5. The van der Waals surface area contributed by atoms with E-state index in [9.17, 15) is 0 Å². The van der Waals surface area contributed by atoms with E-state index >= 15 is 0 Å². The molecule has 17 heavy (non-hydrogen) atoms. The van der Waals surface area contributed by atoms with Gasteiger partial charge in [-0.1, -0.05) is 0 Å². The fourth-order valence-corrected chi connectivity index (χ4v) is 1.73. The molecule has 0 aliphatic rings. The number of aromatic nitrogens is 2. The highest BCUT2D eigenvalue weighted by Crippen LogP contribution is 2.33. The van der Waals surface area contributed by atoms with Crippen molar-refractivity contribution in [1.29, 1.82) is 0 Å². The van der Waals surface area contributed by atoms with Crippen LogP contribution in [0.1, 0.15) is 0 Å². The Morgan fingerprint density at radius 2 is 1.65 bits per heavy atom. The van der Waals surface area contributed by atoms with Gasteiger partial charge in [0.1, 0.15) is 12.1 Å². The van der Waals surface area contributed by atoms with Gasteiger partial charge in [-0.15, -0.1) is 0 Å². The normalized spacial score (nSPS) is 10.4. The van der Waals surface area contributed by atoms with Crippen LogP contribution in [0.3, 0.4) is 0 Å². The van der Waals surface area contributed by atoms with E-state index in [0.29, 0.717) is 11.5 Å². The summed E-state index contributed by atoms with van der Waals surface area (Å²) in [5.41, 5.74) is 0.835. The number of ether oxygens (including phenoxy) is 2. The lowest BCUT2D eigenvalue weighted by Gasteiger charge is -2.15. The molecule has 5 nitrogen and oxygen atoms in total. The van der Waals surface area contributed by atoms with Crippen LogP contribution in [-0.2, 0) is 0 Å². The van der Waals surface area contributed by atoms with Crippen LogP contribution in [0.15, 0.2) is 18.5 Å². The second-order valence-corrected chi connectivity index (χ2v) is 3.82. The summed E-state index contributed by atoms with van der Waals surface area (Å²) in [5.74, 6) is 2.21. The van der Waals surface area contributed by atoms with E-state index in [2.05, 4.69) is 9.97 Å². The Balaban J connectivity index is 2.73. The Kier molecular flexibility index (Phi) is 2.99. The van der Waals surface area contributed by atoms with Gasteiger partial charge < -0.3 is 14.4 Å². The monoisotopic (exact) mass is 233 g/mol. The lowest BCUT2D eigenvalue weighted by molar-refractivity contribution is 0.356. The van der Waals surface area contributed by atoms with E-state index < -0.39 is 0 Å². The van der Waals surface area contributed by atoms with Gasteiger partial charge in [-0.3, -0.25) is 0 Å². The molecule has 0 saturated heterocycles. The Morgan fingerprint density at radius 3 is 2.24 bits per heavy atom. The zero-order valence-electron chi connectivity index (χ0n) is 10.4. The number of fused-ring (bicyclic) bond motifs is 1. The molecule has 0 N–H and O–H groups in total. The summed E-state index contributed by atoms with van der Waals surface area (Å²) in [6.45, 7) is 0. The Bertz CT molecular complexity index is 541. The quantitative estimate of drug-likeness (QED) is 0.807. The highest BCUT2D eigenvalue weighted by Gasteiger charge is 2.11. The topological polar surface area (TPSA) is 47.5 Å². The van der Waals surface area contributed by atoms with Gasteiger partial charge in [-0.25, -0.2) is 9.97 Å². The Labute approximate surface area is 100.0 Å². The molecule has 1 aromatic heterocycles. The molecule has 0 aliphatic carbocycles. The van der Waals surface area contributed by atoms with Crippen LogP contribution in [0.2, 0.25) is 0 Å². The van der Waals surface area contributed by atoms with E-state index in [-0.39, 0.29) is 0 Å². The molecule has 5 heteroatoms. The van der Waals surface area contributed by atoms with Crippen LogP contribution in [0.5, 0.6) is 11.5 Å². The highest BCUT2D eigenvalue weighted by atomic mass is 16.5. The van der Waals surface area contributed by atoms with Crippen LogP contribution < -0.4 is 14.4 Å². The van der Waals surface area contributed by atoms with Crippen molar-refractivity contribution in [2.24, 2.45) is 0 Å². The minimum atomic E-state index is 0.670. The molecule has 2 aromatic rings. The van der Waals surface area contributed by atoms with Gasteiger partial charge in [0.25, 0.3) is 0 Å². The highest BCUT2D eigenvalue weighted by molar-refractivity contribution is 5.91. The van der Waals surface area contributed by atoms with Gasteiger partial charge in [-0.2, -0.15) is 0 Å². The van der Waals surface area contributed by atoms with Crippen molar-refractivity contribution in [2.45, 2.75) is 0 Å². The molecule has 90 valence electrons. The van der Waals surface area contributed by atoms with Crippen molar-refractivity contribution >= 4 is 16.7 Å². The summed E-state index contributed by atoms with van der Waals surface area (Å²) >= 11 is 0. The third kappa shape index (κ3) is 1.95. The van der Waals surface area contributed by atoms with Crippen LogP contribution in [0, 0.1) is 0 Å². The summed E-state index contributed by atoms with van der Waals surface area (Å²) in [6, 6.07) is 3.74. The minimum absolute atomic E-state index is 0.670. The predicted octanol–water partition coefficient (Wildman–Crippen LogP) is 1.71. The first kappa shape index (κ1) is 11.4. The number of rotatable bonds is 3. The molecule has 0 bridgehead atoms. The molecule has 0 fully saturated rings. The first-order valence-corrected chi connectivity index (χ1v) is 5.21. The third-order valence-electron chi connectivity index (χ3n) is 2.54. The number of hydrogen-bond donors (Lipinski definition) is 0. The molecule has 0 aliphatic heterocycles. The van der Waals surface area contributed by atoms with Crippen molar-refractivity contribution in [3.63, 3.8) is 0 Å². The summed E-state index contributed by atoms with van der Waals surface area (Å²) in [6.07, 6.45) is 1.55. The first-order chi connectivity index (χ1) is 8.17. The molecule has 1 aromatic carbocycles. The zero-order chi connectivity index (χ0) is 12.4. The average Bonchev–Trinajstić information content (AvgIpc) is 2.35. The van der Waals surface area contributed by atoms with Crippen LogP contribution in [0.25, 0.3) is 10.9 Å². The second-order valence-electron chi connectivity index (χ2n) is 3.82. The maximum atomic E-state index is 5.28. The lowest BCUT2D eigenvalue weighted by atomic mass is 10.2. The van der Waals surface area contributed by atoms with Gasteiger partial charge in [-0.05, 0) is 6.07 Å². The molecular weight excluding hydrogens is 218 g/mol. The molecule has 0 amide bonds.